The first-order valence-electron chi connectivity index (χ1n) is 25.2. The van der Waals surface area contributed by atoms with Gasteiger partial charge in [0.1, 0.15) is 0 Å². The largest absolute Gasteiger partial charge is 0.310 e. The first-order chi connectivity index (χ1) is 35.6. The summed E-state index contributed by atoms with van der Waals surface area (Å²) in [6.45, 7) is 2.30. The van der Waals surface area contributed by atoms with Crippen LogP contribution in [0.1, 0.15) is 41.2 Å². The van der Waals surface area contributed by atoms with Crippen molar-refractivity contribution in [1.29, 1.82) is 0 Å². The van der Waals surface area contributed by atoms with Crippen LogP contribution in [0, 0.1) is 5.92 Å². The highest BCUT2D eigenvalue weighted by Gasteiger charge is 2.55. The first-order valence-corrected chi connectivity index (χ1v) is 26.0. The predicted molar refractivity (Wildman–Crippen MR) is 305 cm³/mol. The van der Waals surface area contributed by atoms with Gasteiger partial charge in [0.2, 0.25) is 0 Å². The monoisotopic (exact) mass is 935 g/mol. The zero-order valence-corrected chi connectivity index (χ0v) is 40.8. The Balaban J connectivity index is 1.01. The Bertz CT molecular complexity index is 3940. The van der Waals surface area contributed by atoms with Gasteiger partial charge in [-0.1, -0.05) is 237 Å². The van der Waals surface area contributed by atoms with Gasteiger partial charge in [-0.2, -0.15) is 0 Å². The van der Waals surface area contributed by atoms with Gasteiger partial charge in [-0.25, -0.2) is 0 Å². The van der Waals surface area contributed by atoms with Crippen molar-refractivity contribution in [3.05, 3.63) is 289 Å². The summed E-state index contributed by atoms with van der Waals surface area (Å²) in [5.74, 6) is 0.525. The van der Waals surface area contributed by atoms with Crippen LogP contribution in [0.15, 0.2) is 261 Å². The Morgan fingerprint density at radius 1 is 0.403 bits per heavy atom. The zero-order valence-electron chi connectivity index (χ0n) is 40.0. The summed E-state index contributed by atoms with van der Waals surface area (Å²) >= 11 is 1.94. The molecule has 1 spiro atoms. The number of rotatable bonds is 8. The molecular formula is C70H49NS. The molecule has 10 aromatic carbocycles. The summed E-state index contributed by atoms with van der Waals surface area (Å²) in [6.07, 6.45) is 8.07. The third kappa shape index (κ3) is 6.53. The van der Waals surface area contributed by atoms with E-state index in [1.165, 1.54) is 110 Å². The highest BCUT2D eigenvalue weighted by molar-refractivity contribution is 7.19. The molecule has 2 atom stereocenters. The van der Waals surface area contributed by atoms with Crippen molar-refractivity contribution in [2.45, 2.75) is 18.8 Å². The van der Waals surface area contributed by atoms with Crippen LogP contribution >= 0.6 is 11.3 Å². The molecule has 1 aromatic heterocycles. The number of anilines is 3. The second-order valence-corrected chi connectivity index (χ2v) is 20.5. The van der Waals surface area contributed by atoms with Crippen molar-refractivity contribution >= 4 is 44.7 Å². The van der Waals surface area contributed by atoms with E-state index < -0.39 is 5.41 Å². The topological polar surface area (TPSA) is 3.24 Å². The van der Waals surface area contributed by atoms with E-state index in [9.17, 15) is 0 Å². The molecule has 0 saturated heterocycles. The highest BCUT2D eigenvalue weighted by atomic mass is 32.1. The van der Waals surface area contributed by atoms with E-state index in [1.807, 2.05) is 11.3 Å². The maximum Gasteiger partial charge on any atom is 0.0746 e. The van der Waals surface area contributed by atoms with Crippen LogP contribution in [0.2, 0.25) is 0 Å². The molecular weight excluding hydrogens is 887 g/mol. The van der Waals surface area contributed by atoms with Crippen LogP contribution < -0.4 is 4.90 Å². The summed E-state index contributed by atoms with van der Waals surface area (Å²) < 4.78 is 0. The van der Waals surface area contributed by atoms with Gasteiger partial charge in [0.05, 0.1) is 11.1 Å². The van der Waals surface area contributed by atoms with E-state index in [4.69, 9.17) is 0 Å². The average Bonchev–Trinajstić information content (AvgIpc) is 4.09. The van der Waals surface area contributed by atoms with Crippen LogP contribution in [0.4, 0.5) is 17.1 Å². The number of benzene rings is 10. The normalized spacial score (nSPS) is 16.0. The molecule has 14 rings (SSSR count). The molecule has 340 valence electrons. The molecule has 0 bridgehead atoms. The molecule has 1 nitrogen and oxygen atoms in total. The minimum atomic E-state index is -0.585. The van der Waals surface area contributed by atoms with E-state index in [2.05, 4.69) is 273 Å². The van der Waals surface area contributed by atoms with Gasteiger partial charge in [0.15, 0.2) is 0 Å². The Morgan fingerprint density at radius 3 is 1.58 bits per heavy atom. The van der Waals surface area contributed by atoms with Crippen molar-refractivity contribution in [3.63, 3.8) is 0 Å². The molecule has 2 heteroatoms. The smallest absolute Gasteiger partial charge is 0.0746 e. The third-order valence-electron chi connectivity index (χ3n) is 15.4. The molecule has 72 heavy (non-hydrogen) atoms. The second-order valence-electron chi connectivity index (χ2n) is 19.5. The Kier molecular flexibility index (Phi) is 10.0. The zero-order chi connectivity index (χ0) is 47.8. The lowest BCUT2D eigenvalue weighted by Crippen LogP contribution is -2.27. The fourth-order valence-electron chi connectivity index (χ4n) is 12.3. The first kappa shape index (κ1) is 42.3. The third-order valence-corrected chi connectivity index (χ3v) is 16.7. The molecule has 0 N–H and O–H groups in total. The lowest BCUT2D eigenvalue weighted by molar-refractivity contribution is 0.740. The summed E-state index contributed by atoms with van der Waals surface area (Å²) in [4.78, 5) is 5.09. The van der Waals surface area contributed by atoms with Gasteiger partial charge < -0.3 is 4.90 Å². The van der Waals surface area contributed by atoms with Crippen LogP contribution in [0.5, 0.6) is 0 Å². The molecule has 0 saturated carbocycles. The number of fused-ring (bicyclic) bond motifs is 11. The van der Waals surface area contributed by atoms with E-state index >= 15 is 0 Å². The van der Waals surface area contributed by atoms with Gasteiger partial charge in [-0.15, -0.1) is 11.3 Å². The Morgan fingerprint density at radius 2 is 0.917 bits per heavy atom. The van der Waals surface area contributed by atoms with Gasteiger partial charge >= 0.3 is 0 Å². The summed E-state index contributed by atoms with van der Waals surface area (Å²) in [6, 6.07) is 90.5. The van der Waals surface area contributed by atoms with Crippen molar-refractivity contribution < 1.29 is 0 Å². The van der Waals surface area contributed by atoms with Crippen molar-refractivity contribution in [2.75, 3.05) is 4.90 Å². The molecule has 0 fully saturated rings. The Hall–Kier alpha value is -8.56. The number of hydrogen-bond donors (Lipinski definition) is 0. The molecule has 1 heterocycles. The van der Waals surface area contributed by atoms with Crippen LogP contribution in [-0.2, 0) is 5.41 Å². The highest BCUT2D eigenvalue weighted by Crippen LogP contribution is 2.69. The van der Waals surface area contributed by atoms with Gasteiger partial charge in [0.25, 0.3) is 0 Å². The van der Waals surface area contributed by atoms with Crippen molar-refractivity contribution in [1.82, 2.24) is 0 Å². The van der Waals surface area contributed by atoms with Gasteiger partial charge in [0, 0.05) is 32.1 Å². The lowest BCUT2D eigenvalue weighted by Gasteiger charge is -2.33. The van der Waals surface area contributed by atoms with E-state index in [-0.39, 0.29) is 0 Å². The summed E-state index contributed by atoms with van der Waals surface area (Å²) in [7, 11) is 0. The number of hydrogen-bond acceptors (Lipinski definition) is 2. The molecule has 3 aliphatic carbocycles. The predicted octanol–water partition coefficient (Wildman–Crippen LogP) is 19.4. The SMILES string of the molecule is CC1C=C(c2ccc(N(c3ccc(-c4ccccc4)cc3)c3ccc(-c4cccc5c4C4(c6ccccc6-5)c5ccccc5-c5c(-c6ccccc6)sc(-c6ccccc6)c54)c4ccccc34)cc2)C=CC1. The number of thiophene rings is 1. The Labute approximate surface area is 426 Å². The average molecular weight is 936 g/mol. The molecule has 2 unspecified atom stereocenters. The fraction of sp³-hybridized carbons (Fsp3) is 0.0571. The van der Waals surface area contributed by atoms with Crippen molar-refractivity contribution in [2.24, 2.45) is 5.92 Å². The lowest BCUT2D eigenvalue weighted by atomic mass is 9.68. The number of allylic oxidation sites excluding steroid dienone is 4. The van der Waals surface area contributed by atoms with Crippen LogP contribution in [-0.4, -0.2) is 0 Å². The second kappa shape index (κ2) is 17.1. The van der Waals surface area contributed by atoms with Crippen LogP contribution in [0.25, 0.3) is 81.7 Å². The van der Waals surface area contributed by atoms with E-state index in [0.29, 0.717) is 5.92 Å². The maximum atomic E-state index is 2.45. The molecule has 3 aliphatic rings. The number of nitrogens with zero attached hydrogens (tertiary/aromatic N) is 1. The molecule has 0 radical (unpaired) electrons. The standard InChI is InChI=1S/C70H49NS/c1-46-19-17-26-52(45-46)49-37-41-54(42-38-49)71(53-39-35-48(36-40-53)47-20-5-2-6-21-47)64-44-43-56(55-27-11-12-29-58(55)64)59-31-18-32-60-57-28-13-15-33-62(57)70(66(59)60)63-34-16-14-30-61(63)65-67(70)69(51-24-9-4-10-25-51)72-68(65)50-22-7-3-8-23-50/h2-18,20-46H,19H2,1H3. The van der Waals surface area contributed by atoms with E-state index in [1.54, 1.807) is 0 Å². The quantitative estimate of drug-likeness (QED) is 0.147. The van der Waals surface area contributed by atoms with Gasteiger partial charge in [-0.3, -0.25) is 0 Å². The van der Waals surface area contributed by atoms with Crippen LogP contribution in [0.3, 0.4) is 0 Å². The van der Waals surface area contributed by atoms with E-state index in [0.717, 1.165) is 23.5 Å². The molecule has 0 amide bonds. The van der Waals surface area contributed by atoms with Crippen molar-refractivity contribution in [3.8, 4) is 65.4 Å². The molecule has 0 aliphatic heterocycles. The van der Waals surface area contributed by atoms with Gasteiger partial charge in [-0.05, 0) is 132 Å². The summed E-state index contributed by atoms with van der Waals surface area (Å²) in [5.41, 5.74) is 23.4. The summed E-state index contributed by atoms with van der Waals surface area (Å²) in [5, 5.41) is 2.41. The maximum absolute atomic E-state index is 2.45. The fourth-order valence-corrected chi connectivity index (χ4v) is 13.7. The minimum Gasteiger partial charge on any atom is -0.310 e. The molecule has 11 aromatic rings. The minimum absolute atomic E-state index is 0.525.